The number of thioether (sulfide) groups is 1. The molecule has 35 heavy (non-hydrogen) atoms. The number of allylic oxidation sites excluding steroid dienone is 1. The van der Waals surface area contributed by atoms with Crippen molar-refractivity contribution in [2.75, 3.05) is 19.8 Å². The van der Waals surface area contributed by atoms with Gasteiger partial charge in [-0.05, 0) is 49.8 Å². The van der Waals surface area contributed by atoms with Gasteiger partial charge in [0.2, 0.25) is 5.91 Å². The number of amides is 1. The molecule has 0 radical (unpaired) electrons. The lowest BCUT2D eigenvalue weighted by atomic mass is 9.93. The SMILES string of the molecule is CCOC(=O)C1=C(C)N=C2SC=C(CC(=O)NC[C@@H]3CCCO3)N2[C@@H]1c1ccc(C(F)(F)F)cc1. The number of benzene rings is 1. The Morgan fingerprint density at radius 3 is 2.66 bits per heavy atom. The van der Waals surface area contributed by atoms with Crippen LogP contribution in [0.4, 0.5) is 13.2 Å². The van der Waals surface area contributed by atoms with E-state index in [-0.39, 0.29) is 30.6 Å². The highest BCUT2D eigenvalue weighted by Gasteiger charge is 2.41. The lowest BCUT2D eigenvalue weighted by Gasteiger charge is -2.36. The quantitative estimate of drug-likeness (QED) is 0.544. The Morgan fingerprint density at radius 1 is 1.29 bits per heavy atom. The molecule has 7 nitrogen and oxygen atoms in total. The van der Waals surface area contributed by atoms with Crippen LogP contribution in [0.5, 0.6) is 0 Å². The smallest absolute Gasteiger partial charge is 0.416 e. The van der Waals surface area contributed by atoms with E-state index in [0.29, 0.717) is 35.3 Å². The third kappa shape index (κ3) is 5.56. The molecule has 1 amide bonds. The van der Waals surface area contributed by atoms with Gasteiger partial charge in [0.05, 0.1) is 42.0 Å². The molecule has 3 aliphatic heterocycles. The number of aliphatic imine (C=N–C) groups is 1. The standard InChI is InChI=1S/C24H26F3N3O4S/c1-3-33-22(32)20-14(2)29-23-30(21(20)15-6-8-16(9-7-15)24(25,26)27)17(13-35-23)11-19(31)28-12-18-5-4-10-34-18/h6-9,13,18,21H,3-5,10-12H2,1-2H3,(H,28,31)/t18-,21+/m0/s1. The molecule has 1 aromatic rings. The van der Waals surface area contributed by atoms with Crippen LogP contribution in [-0.4, -0.2) is 47.8 Å². The lowest BCUT2D eigenvalue weighted by Crippen LogP contribution is -2.38. The van der Waals surface area contributed by atoms with Crippen LogP contribution in [0.15, 0.2) is 51.6 Å². The van der Waals surface area contributed by atoms with Gasteiger partial charge in [0.25, 0.3) is 0 Å². The Labute approximate surface area is 205 Å². The third-order valence-electron chi connectivity index (χ3n) is 5.94. The average molecular weight is 510 g/mol. The Kier molecular flexibility index (Phi) is 7.56. The minimum atomic E-state index is -4.48. The van der Waals surface area contributed by atoms with Gasteiger partial charge in [0, 0.05) is 18.8 Å². The Morgan fingerprint density at radius 2 is 2.03 bits per heavy atom. The average Bonchev–Trinajstić information content (AvgIpc) is 3.46. The van der Waals surface area contributed by atoms with Gasteiger partial charge >= 0.3 is 12.1 Å². The zero-order valence-corrected chi connectivity index (χ0v) is 20.2. The Balaban J connectivity index is 1.62. The minimum absolute atomic E-state index is 0.00103. The molecule has 0 aromatic heterocycles. The number of fused-ring (bicyclic) bond motifs is 1. The maximum absolute atomic E-state index is 13.2. The summed E-state index contributed by atoms with van der Waals surface area (Å²) in [5, 5.41) is 5.20. The molecule has 1 fully saturated rings. The van der Waals surface area contributed by atoms with Gasteiger partial charge in [-0.1, -0.05) is 23.9 Å². The monoisotopic (exact) mass is 509 g/mol. The highest BCUT2D eigenvalue weighted by atomic mass is 32.2. The fraction of sp³-hybridized carbons (Fsp3) is 0.458. The molecule has 0 aliphatic carbocycles. The van der Waals surface area contributed by atoms with Gasteiger partial charge in [0.1, 0.15) is 0 Å². The van der Waals surface area contributed by atoms with E-state index in [1.807, 2.05) is 0 Å². The molecule has 4 rings (SSSR count). The number of hydrogen-bond acceptors (Lipinski definition) is 7. The van der Waals surface area contributed by atoms with Gasteiger partial charge in [-0.3, -0.25) is 4.79 Å². The molecule has 11 heteroatoms. The van der Waals surface area contributed by atoms with Gasteiger partial charge in [-0.25, -0.2) is 9.79 Å². The molecule has 0 unspecified atom stereocenters. The van der Waals surface area contributed by atoms with Crippen molar-refractivity contribution in [2.24, 2.45) is 4.99 Å². The van der Waals surface area contributed by atoms with Crippen LogP contribution in [0.1, 0.15) is 50.3 Å². The van der Waals surface area contributed by atoms with Gasteiger partial charge in [-0.2, -0.15) is 13.2 Å². The van der Waals surface area contributed by atoms with Crippen molar-refractivity contribution in [2.45, 2.75) is 51.4 Å². The van der Waals surface area contributed by atoms with E-state index >= 15 is 0 Å². The normalized spacial score (nSPS) is 22.0. The van der Waals surface area contributed by atoms with Crippen LogP contribution in [0.3, 0.4) is 0 Å². The van der Waals surface area contributed by atoms with E-state index in [1.54, 1.807) is 24.2 Å². The fourth-order valence-electron chi connectivity index (χ4n) is 4.27. The fourth-order valence-corrected chi connectivity index (χ4v) is 5.23. The summed E-state index contributed by atoms with van der Waals surface area (Å²) in [6.45, 7) is 4.58. The third-order valence-corrected chi connectivity index (χ3v) is 6.83. The molecule has 0 saturated carbocycles. The number of nitrogens with one attached hydrogen (secondary N) is 1. The largest absolute Gasteiger partial charge is 0.463 e. The molecule has 1 N–H and O–H groups in total. The van der Waals surface area contributed by atoms with Crippen molar-refractivity contribution in [3.05, 3.63) is 57.8 Å². The molecular weight excluding hydrogens is 483 g/mol. The lowest BCUT2D eigenvalue weighted by molar-refractivity contribution is -0.139. The first-order valence-electron chi connectivity index (χ1n) is 11.4. The highest BCUT2D eigenvalue weighted by Crippen LogP contribution is 2.45. The predicted octanol–water partition coefficient (Wildman–Crippen LogP) is 4.53. The van der Waals surface area contributed by atoms with E-state index in [2.05, 4.69) is 10.3 Å². The summed E-state index contributed by atoms with van der Waals surface area (Å²) < 4.78 is 50.3. The zero-order chi connectivity index (χ0) is 25.2. The summed E-state index contributed by atoms with van der Waals surface area (Å²) in [6.07, 6.45) is -2.61. The van der Waals surface area contributed by atoms with Crippen LogP contribution >= 0.6 is 11.8 Å². The van der Waals surface area contributed by atoms with E-state index in [9.17, 15) is 22.8 Å². The molecule has 3 aliphatic rings. The molecule has 2 atom stereocenters. The number of carbonyl (C=O) groups is 2. The van der Waals surface area contributed by atoms with Crippen molar-refractivity contribution in [3.63, 3.8) is 0 Å². The Hall–Kier alpha value is -2.79. The van der Waals surface area contributed by atoms with Crippen molar-refractivity contribution < 1.29 is 32.2 Å². The van der Waals surface area contributed by atoms with Crippen molar-refractivity contribution in [3.8, 4) is 0 Å². The highest BCUT2D eigenvalue weighted by molar-refractivity contribution is 8.16. The van der Waals surface area contributed by atoms with Crippen molar-refractivity contribution in [1.29, 1.82) is 0 Å². The number of rotatable bonds is 7. The number of ether oxygens (including phenoxy) is 2. The summed E-state index contributed by atoms with van der Waals surface area (Å²) in [5.74, 6) is -0.819. The summed E-state index contributed by atoms with van der Waals surface area (Å²) in [7, 11) is 0. The molecule has 0 spiro atoms. The topological polar surface area (TPSA) is 80.2 Å². The first kappa shape index (κ1) is 25.3. The molecular formula is C24H26F3N3O4S. The van der Waals surface area contributed by atoms with Crippen molar-refractivity contribution >= 4 is 28.8 Å². The molecule has 1 saturated heterocycles. The summed E-state index contributed by atoms with van der Waals surface area (Å²) in [6, 6.07) is 3.89. The van der Waals surface area contributed by atoms with E-state index in [1.165, 1.54) is 23.9 Å². The first-order chi connectivity index (χ1) is 16.7. The molecule has 0 bridgehead atoms. The maximum Gasteiger partial charge on any atom is 0.416 e. The second-order valence-electron chi connectivity index (χ2n) is 8.35. The predicted molar refractivity (Wildman–Crippen MR) is 125 cm³/mol. The molecule has 188 valence electrons. The van der Waals surface area contributed by atoms with Crippen LogP contribution in [0.2, 0.25) is 0 Å². The van der Waals surface area contributed by atoms with E-state index in [0.717, 1.165) is 25.0 Å². The Bertz CT molecular complexity index is 1080. The minimum Gasteiger partial charge on any atom is -0.463 e. The number of hydrogen-bond donors (Lipinski definition) is 1. The number of alkyl halides is 3. The first-order valence-corrected chi connectivity index (χ1v) is 12.2. The summed E-state index contributed by atoms with van der Waals surface area (Å²) in [4.78, 5) is 31.9. The van der Waals surface area contributed by atoms with Crippen LogP contribution in [0, 0.1) is 0 Å². The number of halogens is 3. The summed E-state index contributed by atoms with van der Waals surface area (Å²) in [5.41, 5.74) is 0.913. The number of amidine groups is 1. The maximum atomic E-state index is 13.2. The molecule has 3 heterocycles. The van der Waals surface area contributed by atoms with Gasteiger partial charge < -0.3 is 19.7 Å². The second-order valence-corrected chi connectivity index (χ2v) is 9.19. The van der Waals surface area contributed by atoms with E-state index in [4.69, 9.17) is 9.47 Å². The van der Waals surface area contributed by atoms with Gasteiger partial charge in [0.15, 0.2) is 5.17 Å². The number of nitrogens with zero attached hydrogens (tertiary/aromatic N) is 2. The number of carbonyl (C=O) groups excluding carboxylic acids is 2. The number of esters is 1. The van der Waals surface area contributed by atoms with Crippen molar-refractivity contribution in [1.82, 2.24) is 10.2 Å². The van der Waals surface area contributed by atoms with Crippen LogP contribution < -0.4 is 5.32 Å². The summed E-state index contributed by atoms with van der Waals surface area (Å²) >= 11 is 1.30. The van der Waals surface area contributed by atoms with Crippen LogP contribution in [0.25, 0.3) is 0 Å². The second kappa shape index (κ2) is 10.4. The van der Waals surface area contributed by atoms with Crippen LogP contribution in [-0.2, 0) is 25.2 Å². The van der Waals surface area contributed by atoms with E-state index < -0.39 is 23.8 Å². The molecule has 1 aromatic carbocycles. The van der Waals surface area contributed by atoms with Gasteiger partial charge in [-0.15, -0.1) is 0 Å². The zero-order valence-electron chi connectivity index (χ0n) is 19.4.